The van der Waals surface area contributed by atoms with E-state index >= 15 is 0 Å². The van der Waals surface area contributed by atoms with Gasteiger partial charge in [-0.25, -0.2) is 14.6 Å². The number of aromatic amines is 1. The first-order valence-corrected chi connectivity index (χ1v) is 11.8. The number of benzene rings is 1. The molecule has 0 saturated carbocycles. The molecule has 3 amide bonds. The molecule has 3 aromatic rings. The number of aryl methyl sites for hydroxylation is 2. The zero-order chi connectivity index (χ0) is 24.6. The van der Waals surface area contributed by atoms with Gasteiger partial charge in [0.15, 0.2) is 11.2 Å². The summed E-state index contributed by atoms with van der Waals surface area (Å²) in [6.07, 6.45) is 1.94. The maximum absolute atomic E-state index is 13.6. The van der Waals surface area contributed by atoms with E-state index in [4.69, 9.17) is 11.6 Å². The Hall–Kier alpha value is -3.40. The van der Waals surface area contributed by atoms with Crippen molar-refractivity contribution in [1.29, 1.82) is 0 Å². The summed E-state index contributed by atoms with van der Waals surface area (Å²) in [7, 11) is 0. The minimum absolute atomic E-state index is 0.135. The van der Waals surface area contributed by atoms with Crippen LogP contribution in [-0.4, -0.2) is 35.9 Å². The zero-order valence-corrected chi connectivity index (χ0v) is 20.1. The highest BCUT2D eigenvalue weighted by atomic mass is 35.5. The fraction of sp³-hybridized carbons (Fsp3) is 0.435. The van der Waals surface area contributed by atoms with Gasteiger partial charge < -0.3 is 9.88 Å². The van der Waals surface area contributed by atoms with Crippen molar-refractivity contribution in [1.82, 2.24) is 29.3 Å². The highest BCUT2D eigenvalue weighted by Crippen LogP contribution is 2.34. The maximum Gasteiger partial charge on any atom is 0.330 e. The molecule has 10 nitrogen and oxygen atoms in total. The molecule has 0 spiro atoms. The number of hydrogen-bond acceptors (Lipinski definition) is 5. The largest absolute Gasteiger partial charge is 0.330 e. The van der Waals surface area contributed by atoms with Gasteiger partial charge in [-0.2, -0.15) is 0 Å². The summed E-state index contributed by atoms with van der Waals surface area (Å²) in [4.78, 5) is 59.6. The van der Waals surface area contributed by atoms with E-state index in [0.29, 0.717) is 35.9 Å². The summed E-state index contributed by atoms with van der Waals surface area (Å²) in [5.74, 6) is -0.0559. The maximum atomic E-state index is 13.6. The molecule has 1 aliphatic rings. The molecule has 0 radical (unpaired) electrons. The Kier molecular flexibility index (Phi) is 6.35. The summed E-state index contributed by atoms with van der Waals surface area (Å²) in [5.41, 5.74) is -1.15. The molecule has 1 aromatic carbocycles. The molecule has 0 aliphatic carbocycles. The van der Waals surface area contributed by atoms with Crippen LogP contribution in [0.2, 0.25) is 5.02 Å². The van der Waals surface area contributed by atoms with Crippen molar-refractivity contribution in [3.63, 3.8) is 0 Å². The van der Waals surface area contributed by atoms with Gasteiger partial charge in [-0.1, -0.05) is 44.0 Å². The Morgan fingerprint density at radius 3 is 2.35 bits per heavy atom. The van der Waals surface area contributed by atoms with E-state index < -0.39 is 28.7 Å². The van der Waals surface area contributed by atoms with Gasteiger partial charge in [-0.3, -0.25) is 24.0 Å². The van der Waals surface area contributed by atoms with Crippen LogP contribution in [0.1, 0.15) is 51.4 Å². The first kappa shape index (κ1) is 23.7. The lowest BCUT2D eigenvalue weighted by Crippen LogP contribution is -2.43. The standard InChI is InChI=1S/C23H27ClN6O4/c1-4-7-12-29-18-17(19(31)26-21(29)33)28(6-3)16(25-18)13-30-20(32)23(5-2,27-22(30)34)14-8-10-15(24)11-9-14/h8-11H,4-7,12-13H2,1-3H3,(H,27,34)(H,26,31,33). The van der Waals surface area contributed by atoms with Gasteiger partial charge >= 0.3 is 11.7 Å². The van der Waals surface area contributed by atoms with Gasteiger partial charge in [0.1, 0.15) is 11.4 Å². The van der Waals surface area contributed by atoms with Crippen LogP contribution in [0.15, 0.2) is 33.9 Å². The number of nitrogens with zero attached hydrogens (tertiary/aromatic N) is 4. The minimum atomic E-state index is -1.22. The summed E-state index contributed by atoms with van der Waals surface area (Å²) < 4.78 is 3.08. The SMILES string of the molecule is CCCCn1c(=O)[nH]c(=O)c2c1nc(CN1C(=O)NC(CC)(c3ccc(Cl)cc3)C1=O)n2CC. The van der Waals surface area contributed by atoms with Gasteiger partial charge in [0, 0.05) is 18.1 Å². The number of halogens is 1. The molecule has 11 heteroatoms. The molecule has 180 valence electrons. The highest BCUT2D eigenvalue weighted by Gasteiger charge is 2.51. The van der Waals surface area contributed by atoms with Gasteiger partial charge in [0.05, 0.1) is 6.54 Å². The molecule has 1 saturated heterocycles. The summed E-state index contributed by atoms with van der Waals surface area (Å²) >= 11 is 6.00. The van der Waals surface area contributed by atoms with E-state index in [-0.39, 0.29) is 17.7 Å². The van der Waals surface area contributed by atoms with E-state index in [9.17, 15) is 19.2 Å². The number of unbranched alkanes of at least 4 members (excludes halogenated alkanes) is 1. The lowest BCUT2D eigenvalue weighted by atomic mass is 9.87. The smallest absolute Gasteiger partial charge is 0.321 e. The van der Waals surface area contributed by atoms with Crippen molar-refractivity contribution in [2.24, 2.45) is 0 Å². The molecule has 2 aromatic heterocycles. The second kappa shape index (κ2) is 9.09. The topological polar surface area (TPSA) is 122 Å². The average molecular weight is 487 g/mol. The number of imide groups is 1. The van der Waals surface area contributed by atoms with Gasteiger partial charge in [0.2, 0.25) is 0 Å². The Balaban J connectivity index is 1.78. The van der Waals surface area contributed by atoms with Gasteiger partial charge in [0.25, 0.3) is 11.5 Å². The third-order valence-corrected chi connectivity index (χ3v) is 6.61. The number of urea groups is 1. The third-order valence-electron chi connectivity index (χ3n) is 6.36. The number of rotatable bonds is 8. The van der Waals surface area contributed by atoms with Crippen LogP contribution in [0.4, 0.5) is 4.79 Å². The molecule has 2 N–H and O–H groups in total. The Morgan fingerprint density at radius 2 is 1.74 bits per heavy atom. The average Bonchev–Trinajstić information content (AvgIpc) is 3.30. The van der Waals surface area contributed by atoms with Crippen molar-refractivity contribution in [3.8, 4) is 0 Å². The molecule has 0 bridgehead atoms. The van der Waals surface area contributed by atoms with Crippen molar-refractivity contribution in [2.75, 3.05) is 0 Å². The van der Waals surface area contributed by atoms with Gasteiger partial charge in [-0.15, -0.1) is 0 Å². The number of nitrogens with one attached hydrogen (secondary N) is 2. The fourth-order valence-corrected chi connectivity index (χ4v) is 4.61. The number of carbonyl (C=O) groups excluding carboxylic acids is 2. The highest BCUT2D eigenvalue weighted by molar-refractivity contribution is 6.30. The number of H-pyrrole nitrogens is 1. The normalized spacial score (nSPS) is 18.2. The van der Waals surface area contributed by atoms with Gasteiger partial charge in [-0.05, 0) is 37.5 Å². The molecule has 1 fully saturated rings. The van der Waals surface area contributed by atoms with E-state index in [1.54, 1.807) is 28.8 Å². The molecule has 3 heterocycles. The third kappa shape index (κ3) is 3.71. The minimum Gasteiger partial charge on any atom is -0.321 e. The summed E-state index contributed by atoms with van der Waals surface area (Å²) in [6.45, 7) is 6.30. The summed E-state index contributed by atoms with van der Waals surface area (Å²) in [6, 6.07) is 6.25. The van der Waals surface area contributed by atoms with Crippen molar-refractivity contribution < 1.29 is 9.59 Å². The van der Waals surface area contributed by atoms with Crippen LogP contribution in [0.3, 0.4) is 0 Å². The quantitative estimate of drug-likeness (QED) is 0.474. The van der Waals surface area contributed by atoms with Crippen molar-refractivity contribution in [3.05, 3.63) is 61.5 Å². The molecule has 4 rings (SSSR count). The van der Waals surface area contributed by atoms with Crippen molar-refractivity contribution >= 4 is 34.7 Å². The van der Waals surface area contributed by atoms with E-state index in [1.807, 2.05) is 20.8 Å². The zero-order valence-electron chi connectivity index (χ0n) is 19.4. The van der Waals surface area contributed by atoms with Crippen LogP contribution < -0.4 is 16.6 Å². The second-order valence-electron chi connectivity index (χ2n) is 8.30. The number of imidazole rings is 1. The molecule has 34 heavy (non-hydrogen) atoms. The van der Waals surface area contributed by atoms with Crippen LogP contribution in [-0.2, 0) is 30.0 Å². The van der Waals surface area contributed by atoms with Crippen LogP contribution >= 0.6 is 11.6 Å². The van der Waals surface area contributed by atoms with Crippen LogP contribution in [0.5, 0.6) is 0 Å². The monoisotopic (exact) mass is 486 g/mol. The Bertz CT molecular complexity index is 1370. The van der Waals surface area contributed by atoms with E-state index in [1.165, 1.54) is 4.57 Å². The molecule has 1 unspecified atom stereocenters. The first-order valence-electron chi connectivity index (χ1n) is 11.4. The molecule has 1 aliphatic heterocycles. The molecular formula is C23H27ClN6O4. The number of hydrogen-bond donors (Lipinski definition) is 2. The molecule has 1 atom stereocenters. The first-order chi connectivity index (χ1) is 16.3. The molecular weight excluding hydrogens is 460 g/mol. The van der Waals surface area contributed by atoms with E-state index in [0.717, 1.165) is 17.7 Å². The Morgan fingerprint density at radius 1 is 1.03 bits per heavy atom. The van der Waals surface area contributed by atoms with Crippen molar-refractivity contribution in [2.45, 2.75) is 65.2 Å². The number of fused-ring (bicyclic) bond motifs is 1. The lowest BCUT2D eigenvalue weighted by Gasteiger charge is -2.25. The second-order valence-corrected chi connectivity index (χ2v) is 8.73. The predicted octanol–water partition coefficient (Wildman–Crippen LogP) is 2.72. The van der Waals surface area contributed by atoms with Crippen LogP contribution in [0, 0.1) is 0 Å². The number of aromatic nitrogens is 4. The number of amides is 3. The van der Waals surface area contributed by atoms with Crippen LogP contribution in [0.25, 0.3) is 11.2 Å². The lowest BCUT2D eigenvalue weighted by molar-refractivity contribution is -0.132. The predicted molar refractivity (Wildman–Crippen MR) is 128 cm³/mol. The summed E-state index contributed by atoms with van der Waals surface area (Å²) in [5, 5.41) is 3.37. The number of carbonyl (C=O) groups is 2. The fourth-order valence-electron chi connectivity index (χ4n) is 4.49. The Labute approximate surface area is 200 Å². The van der Waals surface area contributed by atoms with E-state index in [2.05, 4.69) is 15.3 Å².